The summed E-state index contributed by atoms with van der Waals surface area (Å²) in [4.78, 5) is 15.7. The zero-order chi connectivity index (χ0) is 17.9. The second kappa shape index (κ2) is 7.61. The first kappa shape index (κ1) is 18.9. The van der Waals surface area contributed by atoms with Crippen LogP contribution in [0.2, 0.25) is 0 Å². The second-order valence-electron chi connectivity index (χ2n) is 7.03. The molecule has 24 heavy (non-hydrogen) atoms. The lowest BCUT2D eigenvalue weighted by molar-refractivity contribution is -0.131. The van der Waals surface area contributed by atoms with E-state index in [0.29, 0.717) is 5.75 Å². The molecule has 0 heterocycles. The number of nitriles is 1. The molecule has 1 aliphatic rings. The molecule has 1 aromatic rings. The summed E-state index contributed by atoms with van der Waals surface area (Å²) in [5, 5.41) is 9.66. The number of hydrogen-bond acceptors (Lipinski definition) is 3. The van der Waals surface area contributed by atoms with E-state index < -0.39 is 5.54 Å². The quantitative estimate of drug-likeness (QED) is 0.744. The van der Waals surface area contributed by atoms with Crippen LogP contribution in [0, 0.1) is 39.0 Å². The van der Waals surface area contributed by atoms with Crippen LogP contribution in [0.5, 0.6) is 0 Å². The van der Waals surface area contributed by atoms with Crippen LogP contribution >= 0.6 is 11.8 Å². The van der Waals surface area contributed by atoms with E-state index in [1.54, 1.807) is 23.7 Å². The molecule has 0 atom stereocenters. The van der Waals surface area contributed by atoms with Gasteiger partial charge in [-0.25, -0.2) is 0 Å². The van der Waals surface area contributed by atoms with E-state index in [4.69, 9.17) is 0 Å². The van der Waals surface area contributed by atoms with Crippen molar-refractivity contribution in [2.24, 2.45) is 0 Å². The van der Waals surface area contributed by atoms with Crippen molar-refractivity contribution in [3.8, 4) is 6.07 Å². The Morgan fingerprint density at radius 3 is 2.21 bits per heavy atom. The molecule has 2 rings (SSSR count). The zero-order valence-electron chi connectivity index (χ0n) is 15.5. The van der Waals surface area contributed by atoms with E-state index in [2.05, 4.69) is 39.8 Å². The Bertz CT molecular complexity index is 643. The summed E-state index contributed by atoms with van der Waals surface area (Å²) in [6.45, 7) is 8.48. The van der Waals surface area contributed by atoms with Gasteiger partial charge < -0.3 is 4.90 Å². The smallest absolute Gasteiger partial charge is 0.233 e. The fraction of sp³-hybridized carbons (Fsp3) is 0.600. The number of carbonyl (C=O) groups excluding carboxylic acids is 1. The number of hydrogen-bond donors (Lipinski definition) is 0. The van der Waals surface area contributed by atoms with E-state index in [-0.39, 0.29) is 5.91 Å². The average Bonchev–Trinajstić information content (AvgIpc) is 2.59. The maximum absolute atomic E-state index is 12.7. The van der Waals surface area contributed by atoms with Crippen molar-refractivity contribution in [3.63, 3.8) is 0 Å². The van der Waals surface area contributed by atoms with Crippen LogP contribution in [0.3, 0.4) is 0 Å². The molecular weight excluding hydrogens is 316 g/mol. The minimum Gasteiger partial charge on any atom is -0.326 e. The molecule has 0 aliphatic heterocycles. The molecule has 0 unspecified atom stereocenters. The number of carbonyl (C=O) groups is 1. The minimum atomic E-state index is -0.595. The molecule has 1 saturated carbocycles. The van der Waals surface area contributed by atoms with Crippen molar-refractivity contribution in [2.45, 2.75) is 70.2 Å². The number of benzene rings is 1. The molecule has 1 aromatic carbocycles. The van der Waals surface area contributed by atoms with Gasteiger partial charge in [0.25, 0.3) is 0 Å². The van der Waals surface area contributed by atoms with Gasteiger partial charge in [0, 0.05) is 11.9 Å². The largest absolute Gasteiger partial charge is 0.326 e. The van der Waals surface area contributed by atoms with Crippen LogP contribution in [0.15, 0.2) is 11.0 Å². The van der Waals surface area contributed by atoms with Crippen LogP contribution in [-0.2, 0) is 4.79 Å². The second-order valence-corrected chi connectivity index (χ2v) is 8.02. The third kappa shape index (κ3) is 3.62. The molecule has 0 bridgehead atoms. The van der Waals surface area contributed by atoms with Gasteiger partial charge in [-0.05, 0) is 62.8 Å². The monoisotopic (exact) mass is 344 g/mol. The number of amides is 1. The summed E-state index contributed by atoms with van der Waals surface area (Å²) in [6.07, 6.45) is 4.85. The van der Waals surface area contributed by atoms with Gasteiger partial charge in [-0.15, -0.1) is 11.8 Å². The highest BCUT2D eigenvalue weighted by Gasteiger charge is 2.38. The maximum Gasteiger partial charge on any atom is 0.233 e. The fourth-order valence-corrected chi connectivity index (χ4v) is 4.74. The van der Waals surface area contributed by atoms with Crippen molar-refractivity contribution in [1.82, 2.24) is 4.90 Å². The lowest BCUT2D eigenvalue weighted by Gasteiger charge is -2.39. The summed E-state index contributed by atoms with van der Waals surface area (Å²) in [7, 11) is 1.80. The van der Waals surface area contributed by atoms with E-state index >= 15 is 0 Å². The zero-order valence-corrected chi connectivity index (χ0v) is 16.3. The molecule has 1 amide bonds. The summed E-state index contributed by atoms with van der Waals surface area (Å²) in [6, 6.07) is 4.64. The number of rotatable bonds is 4. The highest BCUT2D eigenvalue weighted by Crippen LogP contribution is 2.34. The lowest BCUT2D eigenvalue weighted by Crippen LogP contribution is -2.50. The highest BCUT2D eigenvalue weighted by molar-refractivity contribution is 8.00. The molecule has 130 valence electrons. The van der Waals surface area contributed by atoms with Crippen molar-refractivity contribution >= 4 is 17.7 Å². The molecule has 0 radical (unpaired) electrons. The van der Waals surface area contributed by atoms with E-state index in [1.165, 1.54) is 33.6 Å². The van der Waals surface area contributed by atoms with Crippen molar-refractivity contribution < 1.29 is 4.79 Å². The van der Waals surface area contributed by atoms with Crippen LogP contribution in [0.1, 0.15) is 54.4 Å². The predicted molar refractivity (Wildman–Crippen MR) is 100 cm³/mol. The third-order valence-corrected chi connectivity index (χ3v) is 6.83. The normalized spacial score (nSPS) is 16.5. The number of thioether (sulfide) groups is 1. The SMILES string of the molecule is Cc1cc(C)c(C)c(SCC(=O)N(C)C2(C#N)CCCCC2)c1C. The Morgan fingerprint density at radius 2 is 1.71 bits per heavy atom. The molecule has 4 heteroatoms. The van der Waals surface area contributed by atoms with Gasteiger partial charge in [-0.2, -0.15) is 5.26 Å². The number of aryl methyl sites for hydroxylation is 2. The summed E-state index contributed by atoms with van der Waals surface area (Å²) >= 11 is 1.61. The molecule has 0 saturated heterocycles. The Kier molecular flexibility index (Phi) is 5.98. The van der Waals surface area contributed by atoms with Crippen LogP contribution in [0.25, 0.3) is 0 Å². The highest BCUT2D eigenvalue weighted by atomic mass is 32.2. The Hall–Kier alpha value is -1.47. The first-order chi connectivity index (χ1) is 11.3. The molecular formula is C20H28N2OS. The molecule has 3 nitrogen and oxygen atoms in total. The number of nitrogens with zero attached hydrogens (tertiary/aromatic N) is 2. The first-order valence-corrected chi connectivity index (χ1v) is 9.69. The summed E-state index contributed by atoms with van der Waals surface area (Å²) in [5.41, 5.74) is 4.45. The molecule has 1 fully saturated rings. The van der Waals surface area contributed by atoms with Crippen molar-refractivity contribution in [3.05, 3.63) is 28.3 Å². The van der Waals surface area contributed by atoms with Gasteiger partial charge in [0.2, 0.25) is 5.91 Å². The van der Waals surface area contributed by atoms with E-state index in [1.807, 2.05) is 0 Å². The first-order valence-electron chi connectivity index (χ1n) is 8.70. The Labute approximate surface area is 150 Å². The van der Waals surface area contributed by atoms with Gasteiger partial charge in [0.1, 0.15) is 5.54 Å². The van der Waals surface area contributed by atoms with E-state index in [0.717, 1.165) is 25.7 Å². The predicted octanol–water partition coefficient (Wildman–Crippen LogP) is 4.70. The lowest BCUT2D eigenvalue weighted by atomic mass is 9.81. The summed E-state index contributed by atoms with van der Waals surface area (Å²) < 4.78 is 0. The van der Waals surface area contributed by atoms with Gasteiger partial charge >= 0.3 is 0 Å². The Morgan fingerprint density at radius 1 is 1.17 bits per heavy atom. The van der Waals surface area contributed by atoms with Crippen molar-refractivity contribution in [1.29, 1.82) is 5.26 Å². The topological polar surface area (TPSA) is 44.1 Å². The minimum absolute atomic E-state index is 0.0569. The Balaban J connectivity index is 2.12. The molecule has 0 aromatic heterocycles. The van der Waals surface area contributed by atoms with Crippen LogP contribution in [0.4, 0.5) is 0 Å². The third-order valence-electron chi connectivity index (χ3n) is 5.54. The maximum atomic E-state index is 12.7. The van der Waals surface area contributed by atoms with Crippen LogP contribution < -0.4 is 0 Å². The molecule has 0 spiro atoms. The summed E-state index contributed by atoms with van der Waals surface area (Å²) in [5.74, 6) is 0.450. The van der Waals surface area contributed by atoms with Gasteiger partial charge in [-0.1, -0.05) is 25.3 Å². The van der Waals surface area contributed by atoms with Gasteiger partial charge in [-0.3, -0.25) is 4.79 Å². The van der Waals surface area contributed by atoms with E-state index in [9.17, 15) is 10.1 Å². The standard InChI is InChI=1S/C20H28N2OS/c1-14-11-15(2)17(4)19(16(14)3)24-12-18(23)22(5)20(13-21)9-7-6-8-10-20/h11H,6-10,12H2,1-5H3. The van der Waals surface area contributed by atoms with Gasteiger partial charge in [0.05, 0.1) is 11.8 Å². The fourth-order valence-electron chi connectivity index (χ4n) is 3.53. The molecule has 0 N–H and O–H groups in total. The average molecular weight is 345 g/mol. The van der Waals surface area contributed by atoms with Crippen molar-refractivity contribution in [2.75, 3.05) is 12.8 Å². The van der Waals surface area contributed by atoms with Crippen LogP contribution in [-0.4, -0.2) is 29.1 Å². The van der Waals surface area contributed by atoms with Gasteiger partial charge in [0.15, 0.2) is 0 Å². The molecule has 1 aliphatic carbocycles.